The predicted molar refractivity (Wildman–Crippen MR) is 69.5 cm³/mol. The van der Waals surface area contributed by atoms with Crippen LogP contribution < -0.4 is 0 Å². The normalized spacial score (nSPS) is 12.4. The number of carbonyl (C=O) groups is 1. The molecule has 0 saturated carbocycles. The van der Waals surface area contributed by atoms with Crippen molar-refractivity contribution in [1.82, 2.24) is 0 Å². The van der Waals surface area contributed by atoms with Gasteiger partial charge in [-0.05, 0) is 24.1 Å². The quantitative estimate of drug-likeness (QED) is 0.758. The summed E-state index contributed by atoms with van der Waals surface area (Å²) in [6, 6.07) is 7.91. The predicted octanol–water partition coefficient (Wildman–Crippen LogP) is 3.35. The number of thioether (sulfide) groups is 1. The number of carboxylic acid groups (broad SMARTS) is 1. The average Bonchev–Trinajstić information content (AvgIpc) is 2.34. The highest BCUT2D eigenvalue weighted by molar-refractivity contribution is 8.00. The first-order valence-electron chi connectivity index (χ1n) is 5.64. The summed E-state index contributed by atoms with van der Waals surface area (Å²) in [6.45, 7) is 2.13. The number of ether oxygens (including phenoxy) is 1. The Hall–Kier alpha value is -1.00. The molecule has 0 aromatic heterocycles. The van der Waals surface area contributed by atoms with Crippen molar-refractivity contribution in [2.75, 3.05) is 12.9 Å². The lowest BCUT2D eigenvalue weighted by atomic mass is 10.1. The number of aliphatic carboxylic acids is 1. The van der Waals surface area contributed by atoms with Gasteiger partial charge in [0.05, 0.1) is 11.9 Å². The number of hydrogen-bond acceptors (Lipinski definition) is 3. The molecule has 1 atom stereocenters. The van der Waals surface area contributed by atoms with E-state index in [1.165, 1.54) is 11.8 Å². The first-order chi connectivity index (χ1) is 8.17. The molecular weight excluding hydrogens is 236 g/mol. The minimum Gasteiger partial charge on any atom is -0.481 e. The molecule has 0 fully saturated rings. The summed E-state index contributed by atoms with van der Waals surface area (Å²) in [5, 5.41) is 8.58. The van der Waals surface area contributed by atoms with Gasteiger partial charge in [0.15, 0.2) is 0 Å². The third kappa shape index (κ3) is 4.79. The Morgan fingerprint density at radius 3 is 2.53 bits per heavy atom. The van der Waals surface area contributed by atoms with Gasteiger partial charge in [-0.1, -0.05) is 25.5 Å². The van der Waals surface area contributed by atoms with Crippen LogP contribution in [-0.4, -0.2) is 23.9 Å². The molecule has 0 saturated heterocycles. The third-order valence-corrected chi connectivity index (χ3v) is 3.45. The number of carboxylic acids is 1. The highest BCUT2D eigenvalue weighted by Crippen LogP contribution is 2.25. The second-order valence-electron chi connectivity index (χ2n) is 3.76. The Balaban J connectivity index is 2.62. The molecule has 0 spiro atoms. The van der Waals surface area contributed by atoms with Gasteiger partial charge >= 0.3 is 5.97 Å². The zero-order valence-corrected chi connectivity index (χ0v) is 11.0. The second-order valence-corrected chi connectivity index (χ2v) is 4.81. The van der Waals surface area contributed by atoms with Gasteiger partial charge in [-0.3, -0.25) is 4.79 Å². The summed E-state index contributed by atoms with van der Waals surface area (Å²) < 4.78 is 5.41. The SMILES string of the molecule is CCCC(OC)c1ccc(SCC(=O)O)cc1. The van der Waals surface area contributed by atoms with Crippen LogP contribution in [0.15, 0.2) is 29.2 Å². The third-order valence-electron chi connectivity index (χ3n) is 2.45. The monoisotopic (exact) mass is 254 g/mol. The number of rotatable bonds is 7. The van der Waals surface area contributed by atoms with Gasteiger partial charge < -0.3 is 9.84 Å². The first-order valence-corrected chi connectivity index (χ1v) is 6.63. The molecule has 0 bridgehead atoms. The molecule has 0 aliphatic carbocycles. The average molecular weight is 254 g/mol. The molecule has 1 rings (SSSR count). The molecule has 1 N–H and O–H groups in total. The lowest BCUT2D eigenvalue weighted by Crippen LogP contribution is -2.01. The molecular formula is C13H18O3S. The maximum absolute atomic E-state index is 10.4. The van der Waals surface area contributed by atoms with Crippen molar-refractivity contribution in [1.29, 1.82) is 0 Å². The van der Waals surface area contributed by atoms with Crippen LogP contribution in [0, 0.1) is 0 Å². The van der Waals surface area contributed by atoms with Crippen molar-refractivity contribution < 1.29 is 14.6 Å². The Morgan fingerprint density at radius 2 is 2.06 bits per heavy atom. The molecule has 3 nitrogen and oxygen atoms in total. The molecule has 0 aliphatic rings. The molecule has 0 aliphatic heterocycles. The maximum atomic E-state index is 10.4. The van der Waals surface area contributed by atoms with Gasteiger partial charge in [0.2, 0.25) is 0 Å². The standard InChI is InChI=1S/C13H18O3S/c1-3-4-12(16-2)10-5-7-11(8-6-10)17-9-13(14)15/h5-8,12H,3-4,9H2,1-2H3,(H,14,15). The van der Waals surface area contributed by atoms with Crippen LogP contribution in [-0.2, 0) is 9.53 Å². The summed E-state index contributed by atoms with van der Waals surface area (Å²) in [5.41, 5.74) is 1.15. The van der Waals surface area contributed by atoms with Crippen molar-refractivity contribution in [2.24, 2.45) is 0 Å². The van der Waals surface area contributed by atoms with Crippen molar-refractivity contribution in [2.45, 2.75) is 30.8 Å². The van der Waals surface area contributed by atoms with E-state index in [-0.39, 0.29) is 11.9 Å². The largest absolute Gasteiger partial charge is 0.481 e. The molecule has 0 heterocycles. The van der Waals surface area contributed by atoms with Crippen LogP contribution in [0.5, 0.6) is 0 Å². The molecule has 1 aromatic rings. The summed E-state index contributed by atoms with van der Waals surface area (Å²) in [5.74, 6) is -0.693. The smallest absolute Gasteiger partial charge is 0.313 e. The topological polar surface area (TPSA) is 46.5 Å². The molecule has 4 heteroatoms. The zero-order valence-electron chi connectivity index (χ0n) is 10.2. The van der Waals surface area contributed by atoms with Gasteiger partial charge in [-0.2, -0.15) is 0 Å². The lowest BCUT2D eigenvalue weighted by Gasteiger charge is -2.14. The maximum Gasteiger partial charge on any atom is 0.313 e. The van der Waals surface area contributed by atoms with E-state index in [9.17, 15) is 4.79 Å². The highest BCUT2D eigenvalue weighted by Gasteiger charge is 2.09. The van der Waals surface area contributed by atoms with E-state index in [4.69, 9.17) is 9.84 Å². The molecule has 0 amide bonds. The highest BCUT2D eigenvalue weighted by atomic mass is 32.2. The minimum absolute atomic E-state index is 0.0992. The van der Waals surface area contributed by atoms with E-state index in [2.05, 4.69) is 6.92 Å². The van der Waals surface area contributed by atoms with E-state index < -0.39 is 5.97 Å². The fraction of sp³-hybridized carbons (Fsp3) is 0.462. The van der Waals surface area contributed by atoms with Crippen LogP contribution in [0.1, 0.15) is 31.4 Å². The number of methoxy groups -OCH3 is 1. The van der Waals surface area contributed by atoms with Gasteiger partial charge in [0.25, 0.3) is 0 Å². The van der Waals surface area contributed by atoms with Crippen LogP contribution in [0.25, 0.3) is 0 Å². The zero-order chi connectivity index (χ0) is 12.7. The fourth-order valence-corrected chi connectivity index (χ4v) is 2.23. The van der Waals surface area contributed by atoms with Crippen molar-refractivity contribution in [3.8, 4) is 0 Å². The van der Waals surface area contributed by atoms with E-state index in [1.807, 2.05) is 24.3 Å². The minimum atomic E-state index is -0.792. The van der Waals surface area contributed by atoms with E-state index in [0.29, 0.717) is 0 Å². The summed E-state index contributed by atoms with van der Waals surface area (Å²) in [4.78, 5) is 11.4. The van der Waals surface area contributed by atoms with Crippen LogP contribution in [0.2, 0.25) is 0 Å². The molecule has 17 heavy (non-hydrogen) atoms. The van der Waals surface area contributed by atoms with Gasteiger partial charge in [-0.15, -0.1) is 11.8 Å². The Labute approximate surface area is 106 Å². The summed E-state index contributed by atoms with van der Waals surface area (Å²) >= 11 is 1.33. The Bertz CT molecular complexity index is 348. The molecule has 1 aromatic carbocycles. The fourth-order valence-electron chi connectivity index (χ4n) is 1.61. The molecule has 1 unspecified atom stereocenters. The number of hydrogen-bond donors (Lipinski definition) is 1. The van der Waals surface area contributed by atoms with Crippen molar-refractivity contribution >= 4 is 17.7 Å². The first kappa shape index (κ1) is 14.1. The van der Waals surface area contributed by atoms with Gasteiger partial charge in [0, 0.05) is 12.0 Å². The molecule has 0 radical (unpaired) electrons. The second kappa shape index (κ2) is 7.35. The summed E-state index contributed by atoms with van der Waals surface area (Å²) in [7, 11) is 1.72. The Kier molecular flexibility index (Phi) is 6.08. The Morgan fingerprint density at radius 1 is 1.41 bits per heavy atom. The van der Waals surface area contributed by atoms with Gasteiger partial charge in [0.1, 0.15) is 0 Å². The molecule has 94 valence electrons. The van der Waals surface area contributed by atoms with Crippen molar-refractivity contribution in [3.63, 3.8) is 0 Å². The van der Waals surface area contributed by atoms with Crippen LogP contribution >= 0.6 is 11.8 Å². The van der Waals surface area contributed by atoms with E-state index >= 15 is 0 Å². The lowest BCUT2D eigenvalue weighted by molar-refractivity contribution is -0.133. The van der Waals surface area contributed by atoms with Crippen molar-refractivity contribution in [3.05, 3.63) is 29.8 Å². The summed E-state index contributed by atoms with van der Waals surface area (Å²) in [6.07, 6.45) is 2.21. The van der Waals surface area contributed by atoms with Crippen LogP contribution in [0.3, 0.4) is 0 Å². The van der Waals surface area contributed by atoms with E-state index in [0.717, 1.165) is 23.3 Å². The number of benzene rings is 1. The van der Waals surface area contributed by atoms with Crippen LogP contribution in [0.4, 0.5) is 0 Å². The van der Waals surface area contributed by atoms with E-state index in [1.54, 1.807) is 7.11 Å². The van der Waals surface area contributed by atoms with Gasteiger partial charge in [-0.25, -0.2) is 0 Å².